The van der Waals surface area contributed by atoms with Crippen LogP contribution >= 0.6 is 15.8 Å². The number of aromatic nitrogens is 1. The van der Waals surface area contributed by atoms with Gasteiger partial charge in [-0.3, -0.25) is 13.6 Å². The van der Waals surface area contributed by atoms with E-state index in [-0.39, 0.29) is 33.0 Å². The average molecular weight is 627 g/mol. The average Bonchev–Trinajstić information content (AvgIpc) is 2.81. The molecule has 0 aliphatic carbocycles. The minimum absolute atomic E-state index is 0. The van der Waals surface area contributed by atoms with Gasteiger partial charge < -0.3 is 15.3 Å². The predicted octanol–water partition coefficient (Wildman–Crippen LogP) is 9.79. The van der Waals surface area contributed by atoms with Crippen molar-refractivity contribution in [3.8, 4) is 0 Å². The Morgan fingerprint density at radius 3 is 1.60 bits per heavy atom. The second kappa shape index (κ2) is 16.9. The van der Waals surface area contributed by atoms with Gasteiger partial charge in [0, 0.05) is 15.8 Å². The Bertz CT molecular complexity index is 1000. The normalized spacial score (nSPS) is 13.4. The first-order valence-corrected chi connectivity index (χ1v) is 16.8. The molecule has 1 heterocycles. The summed E-state index contributed by atoms with van der Waals surface area (Å²) in [6, 6.07) is 16.9. The Balaban J connectivity index is 0. The topological polar surface area (TPSA) is 70.8 Å². The largest absolute Gasteiger partial charge is 3.00 e. The second-order valence-electron chi connectivity index (χ2n) is 14.1. The molecule has 2 rings (SSSR count). The number of carbonyl (C=O) groups excluding carboxylic acids is 2. The first-order valence-electron chi connectivity index (χ1n) is 13.5. The van der Waals surface area contributed by atoms with E-state index in [0.29, 0.717) is 16.0 Å². The van der Waals surface area contributed by atoms with Crippen molar-refractivity contribution in [3.63, 3.8) is 0 Å². The summed E-state index contributed by atoms with van der Waals surface area (Å²) in [5.74, 6) is 0. The molecule has 1 aromatic heterocycles. The molecule has 7 heteroatoms. The van der Waals surface area contributed by atoms with Crippen LogP contribution in [0.3, 0.4) is 0 Å². The van der Waals surface area contributed by atoms with Crippen molar-refractivity contribution in [1.82, 2.24) is 4.98 Å². The zero-order valence-corrected chi connectivity index (χ0v) is 30.0. The molecule has 40 heavy (non-hydrogen) atoms. The van der Waals surface area contributed by atoms with E-state index in [1.807, 2.05) is 6.07 Å². The molecule has 1 N–H and O–H groups in total. The summed E-state index contributed by atoms with van der Waals surface area (Å²) in [7, 11) is -1.82. The van der Waals surface area contributed by atoms with E-state index in [1.54, 1.807) is 0 Å². The number of rotatable bonds is 6. The summed E-state index contributed by atoms with van der Waals surface area (Å²) in [6.45, 7) is 35.0. The molecule has 4 nitrogen and oxygen atoms in total. The van der Waals surface area contributed by atoms with Crippen LogP contribution in [0.25, 0.3) is 11.8 Å². The number of hydrogen-bond acceptors (Lipinski definition) is 3. The summed E-state index contributed by atoms with van der Waals surface area (Å²) in [4.78, 5) is 20.8. The Hall–Kier alpha value is -1.37. The summed E-state index contributed by atoms with van der Waals surface area (Å²) < 4.78 is 0. The smallest absolute Gasteiger partial charge is 0.699 e. The standard InChI is InChI=1S/C31H49N2P2.2CHO.Mn/c1-28(2,3)34(29(4,5)6)22-24-19-16-20-26(33-24)27(35(30(7,8)9)31(10,11)12)25(32)21-23-17-14-13-15-18-23;2*1-2;/h13-21,27,32H,22H2,1-12H3;2*1H;/q3*-1;+3/p+2. The number of hydrogen-bond donors (Lipinski definition) is 0. The van der Waals surface area contributed by atoms with Crippen LogP contribution in [-0.2, 0) is 32.8 Å². The monoisotopic (exact) mass is 626 g/mol. The third kappa shape index (κ3) is 12.6. The van der Waals surface area contributed by atoms with Gasteiger partial charge in [-0.15, -0.1) is 5.70 Å². The van der Waals surface area contributed by atoms with Crippen molar-refractivity contribution in [3.05, 3.63) is 76.9 Å². The Kier molecular flexibility index (Phi) is 17.2. The van der Waals surface area contributed by atoms with E-state index >= 15 is 0 Å². The van der Waals surface area contributed by atoms with Crippen LogP contribution in [0.2, 0.25) is 0 Å². The number of pyridine rings is 1. The van der Waals surface area contributed by atoms with Gasteiger partial charge in [0.15, 0.2) is 0 Å². The zero-order valence-electron chi connectivity index (χ0n) is 26.8. The summed E-state index contributed by atoms with van der Waals surface area (Å²) in [6.07, 6.45) is 3.13. The van der Waals surface area contributed by atoms with Gasteiger partial charge in [-0.1, -0.05) is 42.5 Å². The molecule has 0 bridgehead atoms. The molecular formula is C33H53MnN2O2P2+2. The Labute approximate surface area is 258 Å². The van der Waals surface area contributed by atoms with Crippen LogP contribution < -0.4 is 0 Å². The van der Waals surface area contributed by atoms with Crippen LogP contribution in [0.15, 0.2) is 54.2 Å². The number of benzene rings is 1. The fourth-order valence-corrected chi connectivity index (χ4v) is 14.6. The van der Waals surface area contributed by atoms with E-state index in [0.717, 1.165) is 17.4 Å². The molecule has 1 unspecified atom stereocenters. The molecular weight excluding hydrogens is 573 g/mol. The molecule has 0 aliphatic heterocycles. The van der Waals surface area contributed by atoms with Crippen LogP contribution in [0.5, 0.6) is 0 Å². The van der Waals surface area contributed by atoms with E-state index in [1.165, 1.54) is 5.69 Å². The summed E-state index contributed by atoms with van der Waals surface area (Å²) in [5, 5.41) is 0.820. The molecule has 0 aliphatic rings. The molecule has 2 aromatic rings. The Morgan fingerprint density at radius 2 is 1.20 bits per heavy atom. The maximum atomic E-state index is 9.36. The SMILES string of the molecule is CC(C)(C)[PH+](Cc1cccc(C(C([NH-])=Cc2ccccc2)[PH+](C(C)(C)C)C(C)(C)C)n1)C(C)(C)C.[CH-]=O.[CH-]=O.[Mn+3]. The number of nitrogens with zero attached hydrogens (tertiary/aromatic N) is 1. The molecule has 0 spiro atoms. The van der Waals surface area contributed by atoms with Crippen molar-refractivity contribution in [2.75, 3.05) is 0 Å². The van der Waals surface area contributed by atoms with Gasteiger partial charge in [0.1, 0.15) is 5.66 Å². The fourth-order valence-electron chi connectivity index (χ4n) is 5.86. The quantitative estimate of drug-likeness (QED) is 0.139. The van der Waals surface area contributed by atoms with Gasteiger partial charge in [0.05, 0.1) is 38.2 Å². The molecule has 0 radical (unpaired) electrons. The first-order chi connectivity index (χ1) is 17.8. The third-order valence-corrected chi connectivity index (χ3v) is 15.4. The zero-order chi connectivity index (χ0) is 30.8. The van der Waals surface area contributed by atoms with Crippen LogP contribution in [0.4, 0.5) is 0 Å². The van der Waals surface area contributed by atoms with Gasteiger partial charge in [-0.2, -0.15) is 0 Å². The van der Waals surface area contributed by atoms with E-state index in [4.69, 9.17) is 14.6 Å². The van der Waals surface area contributed by atoms with Crippen molar-refractivity contribution in [2.45, 2.75) is 116 Å². The maximum absolute atomic E-state index is 9.36. The van der Waals surface area contributed by atoms with Gasteiger partial charge in [-0.05, 0) is 101 Å². The second-order valence-corrected chi connectivity index (χ2v) is 22.8. The van der Waals surface area contributed by atoms with Crippen LogP contribution in [-0.4, -0.2) is 39.2 Å². The maximum Gasteiger partial charge on any atom is 3.00 e. The van der Waals surface area contributed by atoms with Crippen molar-refractivity contribution < 1.29 is 26.7 Å². The van der Waals surface area contributed by atoms with Crippen molar-refractivity contribution >= 4 is 35.5 Å². The molecule has 0 saturated heterocycles. The van der Waals surface area contributed by atoms with Crippen LogP contribution in [0, 0.1) is 0 Å². The number of nitrogens with one attached hydrogen (secondary N) is 1. The van der Waals surface area contributed by atoms with Gasteiger partial charge >= 0.3 is 17.1 Å². The van der Waals surface area contributed by atoms with E-state index < -0.39 is 15.8 Å². The fraction of sp³-hybridized carbons (Fsp3) is 0.545. The van der Waals surface area contributed by atoms with Gasteiger partial charge in [-0.25, -0.2) is 4.98 Å². The molecule has 0 fully saturated rings. The summed E-state index contributed by atoms with van der Waals surface area (Å²) in [5.41, 5.74) is 13.5. The summed E-state index contributed by atoms with van der Waals surface area (Å²) >= 11 is 0. The molecule has 1 aromatic carbocycles. The van der Waals surface area contributed by atoms with Crippen LogP contribution in [0.1, 0.15) is 106 Å². The predicted molar refractivity (Wildman–Crippen MR) is 179 cm³/mol. The van der Waals surface area contributed by atoms with Gasteiger partial charge in [0.2, 0.25) is 0 Å². The van der Waals surface area contributed by atoms with Gasteiger partial charge in [0.25, 0.3) is 0 Å². The Morgan fingerprint density at radius 1 is 0.750 bits per heavy atom. The first kappa shape index (κ1) is 40.8. The van der Waals surface area contributed by atoms with E-state index in [9.17, 15) is 5.73 Å². The van der Waals surface area contributed by atoms with Crippen molar-refractivity contribution in [1.29, 1.82) is 0 Å². The molecule has 1 atom stereocenters. The van der Waals surface area contributed by atoms with E-state index in [2.05, 4.69) is 145 Å². The van der Waals surface area contributed by atoms with Crippen molar-refractivity contribution in [2.24, 2.45) is 0 Å². The number of allylic oxidation sites excluding steroid dienone is 1. The minimum atomic E-state index is -1.10. The third-order valence-electron chi connectivity index (χ3n) is 6.63. The molecule has 0 amide bonds. The molecule has 222 valence electrons. The minimum Gasteiger partial charge on any atom is -0.699 e. The molecule has 0 saturated carbocycles.